The van der Waals surface area contributed by atoms with E-state index in [-0.39, 0.29) is 0 Å². The fourth-order valence-corrected chi connectivity index (χ4v) is 1.20. The van der Waals surface area contributed by atoms with E-state index in [2.05, 4.69) is 0 Å². The van der Waals surface area contributed by atoms with Gasteiger partial charge in [0.15, 0.2) is 0 Å². The van der Waals surface area contributed by atoms with Crippen molar-refractivity contribution in [3.05, 3.63) is 34.4 Å². The van der Waals surface area contributed by atoms with Crippen molar-refractivity contribution >= 4 is 17.6 Å². The molecule has 0 radical (unpaired) electrons. The van der Waals surface area contributed by atoms with Gasteiger partial charge in [0.1, 0.15) is 16.7 Å². The second-order valence-electron chi connectivity index (χ2n) is 3.02. The topological polar surface area (TPSA) is 37.3 Å². The molecule has 88 valence electrons. The maximum Gasteiger partial charge on any atom is 0.374 e. The first-order valence-electron chi connectivity index (χ1n) is 3.99. The monoisotopic (exact) mass is 256 g/mol. The molecule has 0 atom stereocenters. The summed E-state index contributed by atoms with van der Waals surface area (Å²) in [5, 5.41) is 7.21. The molecule has 1 N–H and O–H groups in total. The fraction of sp³-hybridized carbons (Fsp3) is 0.222. The Hall–Kier alpha value is -1.30. The Morgan fingerprint density at radius 3 is 2.44 bits per heavy atom. The summed E-state index contributed by atoms with van der Waals surface area (Å²) in [5.41, 5.74) is -0.654. The van der Waals surface area contributed by atoms with E-state index in [1.165, 1.54) is 0 Å². The Kier molecular flexibility index (Phi) is 3.42. The van der Waals surface area contributed by atoms with Crippen LogP contribution in [-0.4, -0.2) is 17.0 Å². The number of hydrogen-bond acceptors (Lipinski definition) is 1. The third kappa shape index (κ3) is 2.44. The predicted octanol–water partition coefficient (Wildman–Crippen LogP) is 2.88. The number of aliphatic carboxylic acids is 1. The van der Waals surface area contributed by atoms with Gasteiger partial charge in [-0.3, -0.25) is 0 Å². The number of carboxylic acids is 1. The van der Waals surface area contributed by atoms with Gasteiger partial charge in [0.05, 0.1) is 6.42 Å². The largest absolute Gasteiger partial charge is 0.477 e. The van der Waals surface area contributed by atoms with Crippen LogP contribution in [0.4, 0.5) is 17.6 Å². The van der Waals surface area contributed by atoms with Crippen LogP contribution in [0.2, 0.25) is 5.02 Å². The minimum atomic E-state index is -4.12. The molecular weight excluding hydrogens is 252 g/mol. The van der Waals surface area contributed by atoms with Crippen LogP contribution in [0, 0.1) is 11.6 Å². The third-order valence-electron chi connectivity index (χ3n) is 1.84. The van der Waals surface area contributed by atoms with Crippen LogP contribution >= 0.6 is 11.6 Å². The Morgan fingerprint density at radius 1 is 1.38 bits per heavy atom. The summed E-state index contributed by atoms with van der Waals surface area (Å²) >= 11 is 5.15. The number of alkyl halides is 2. The molecule has 1 aromatic rings. The summed E-state index contributed by atoms with van der Waals surface area (Å²) in [6.45, 7) is 0. The standard InChI is InChI=1S/C9H5ClF4O2/c10-6-5(11)2-1-4(7(6)12)3-9(13,14)8(15)16/h1-2H,3H2,(H,15,16). The van der Waals surface area contributed by atoms with Gasteiger partial charge in [0.25, 0.3) is 0 Å². The highest BCUT2D eigenvalue weighted by Crippen LogP contribution is 2.27. The van der Waals surface area contributed by atoms with Crippen LogP contribution in [0.15, 0.2) is 12.1 Å². The van der Waals surface area contributed by atoms with Crippen molar-refractivity contribution in [1.82, 2.24) is 0 Å². The molecule has 0 heterocycles. The molecule has 1 rings (SSSR count). The number of benzene rings is 1. The molecule has 0 saturated carbocycles. The SMILES string of the molecule is O=C(O)C(F)(F)Cc1ccc(F)c(Cl)c1F. The maximum atomic E-state index is 13.2. The zero-order chi connectivity index (χ0) is 12.5. The molecule has 0 aromatic heterocycles. The zero-order valence-electron chi connectivity index (χ0n) is 7.61. The molecule has 0 spiro atoms. The second kappa shape index (κ2) is 4.29. The lowest BCUT2D eigenvalue weighted by Crippen LogP contribution is -2.31. The fourth-order valence-electron chi connectivity index (χ4n) is 1.02. The van der Waals surface area contributed by atoms with E-state index in [9.17, 15) is 22.4 Å². The summed E-state index contributed by atoms with van der Waals surface area (Å²) in [4.78, 5) is 10.1. The highest BCUT2D eigenvalue weighted by atomic mass is 35.5. The summed E-state index contributed by atoms with van der Waals surface area (Å²) in [7, 11) is 0. The minimum absolute atomic E-state index is 0.654. The molecule has 2 nitrogen and oxygen atoms in total. The Balaban J connectivity index is 3.08. The van der Waals surface area contributed by atoms with Gasteiger partial charge in [-0.25, -0.2) is 13.6 Å². The van der Waals surface area contributed by atoms with Crippen molar-refractivity contribution in [3.8, 4) is 0 Å². The van der Waals surface area contributed by atoms with Crippen LogP contribution in [-0.2, 0) is 11.2 Å². The molecular formula is C9H5ClF4O2. The highest BCUT2D eigenvalue weighted by Gasteiger charge is 2.39. The quantitative estimate of drug-likeness (QED) is 0.667. The molecule has 0 bridgehead atoms. The third-order valence-corrected chi connectivity index (χ3v) is 2.19. The van der Waals surface area contributed by atoms with Gasteiger partial charge in [0, 0.05) is 0 Å². The summed E-state index contributed by atoms with van der Waals surface area (Å²) in [6.07, 6.45) is -1.38. The average molecular weight is 257 g/mol. The van der Waals surface area contributed by atoms with E-state index in [1.807, 2.05) is 0 Å². The molecule has 1 aromatic carbocycles. The summed E-state index contributed by atoms with van der Waals surface area (Å²) < 4.78 is 51.3. The lowest BCUT2D eigenvalue weighted by atomic mass is 10.1. The molecule has 0 aliphatic heterocycles. The first-order chi connectivity index (χ1) is 7.25. The molecule has 0 aliphatic rings. The van der Waals surface area contributed by atoms with Crippen LogP contribution in [0.25, 0.3) is 0 Å². The Morgan fingerprint density at radius 2 is 1.94 bits per heavy atom. The van der Waals surface area contributed by atoms with Crippen molar-refractivity contribution in [3.63, 3.8) is 0 Å². The highest BCUT2D eigenvalue weighted by molar-refractivity contribution is 6.30. The predicted molar refractivity (Wildman–Crippen MR) is 47.7 cm³/mol. The molecule has 7 heteroatoms. The van der Waals surface area contributed by atoms with Gasteiger partial charge < -0.3 is 5.11 Å². The molecule has 0 amide bonds. The van der Waals surface area contributed by atoms with E-state index in [1.54, 1.807) is 0 Å². The number of carboxylic acid groups (broad SMARTS) is 1. The van der Waals surface area contributed by atoms with Crippen molar-refractivity contribution in [2.24, 2.45) is 0 Å². The summed E-state index contributed by atoms with van der Waals surface area (Å²) in [6, 6.07) is 1.42. The van der Waals surface area contributed by atoms with E-state index in [0.29, 0.717) is 6.07 Å². The average Bonchev–Trinajstić information content (AvgIpc) is 2.19. The number of carbonyl (C=O) groups is 1. The molecule has 16 heavy (non-hydrogen) atoms. The lowest BCUT2D eigenvalue weighted by Gasteiger charge is -2.12. The van der Waals surface area contributed by atoms with E-state index in [4.69, 9.17) is 16.7 Å². The second-order valence-corrected chi connectivity index (χ2v) is 3.40. The van der Waals surface area contributed by atoms with Gasteiger partial charge in [-0.15, -0.1) is 0 Å². The van der Waals surface area contributed by atoms with Crippen LogP contribution in [0.5, 0.6) is 0 Å². The smallest absolute Gasteiger partial charge is 0.374 e. The molecule has 0 unspecified atom stereocenters. The van der Waals surface area contributed by atoms with Crippen molar-refractivity contribution in [1.29, 1.82) is 0 Å². The summed E-state index contributed by atoms with van der Waals surface area (Å²) in [5.74, 6) is -8.97. The van der Waals surface area contributed by atoms with E-state index >= 15 is 0 Å². The normalized spacial score (nSPS) is 11.6. The first kappa shape index (κ1) is 12.8. The van der Waals surface area contributed by atoms with Gasteiger partial charge in [-0.1, -0.05) is 17.7 Å². The first-order valence-corrected chi connectivity index (χ1v) is 4.37. The zero-order valence-corrected chi connectivity index (χ0v) is 8.36. The van der Waals surface area contributed by atoms with Crippen molar-refractivity contribution in [2.75, 3.05) is 0 Å². The van der Waals surface area contributed by atoms with E-state index < -0.39 is 40.5 Å². The number of hydrogen-bond donors (Lipinski definition) is 1. The van der Waals surface area contributed by atoms with Gasteiger partial charge >= 0.3 is 11.9 Å². The van der Waals surface area contributed by atoms with Crippen LogP contribution in [0.3, 0.4) is 0 Å². The number of rotatable bonds is 3. The Labute approximate surface area is 92.4 Å². The minimum Gasteiger partial charge on any atom is -0.477 e. The maximum absolute atomic E-state index is 13.2. The molecule has 0 fully saturated rings. The van der Waals surface area contributed by atoms with Crippen LogP contribution < -0.4 is 0 Å². The van der Waals surface area contributed by atoms with Gasteiger partial charge in [-0.05, 0) is 11.6 Å². The Bertz CT molecular complexity index is 434. The van der Waals surface area contributed by atoms with E-state index in [0.717, 1.165) is 6.07 Å². The van der Waals surface area contributed by atoms with Crippen LogP contribution in [0.1, 0.15) is 5.56 Å². The van der Waals surface area contributed by atoms with Gasteiger partial charge in [-0.2, -0.15) is 8.78 Å². The number of halogens is 5. The molecule has 0 saturated heterocycles. The van der Waals surface area contributed by atoms with Crippen molar-refractivity contribution in [2.45, 2.75) is 12.3 Å². The molecule has 0 aliphatic carbocycles. The van der Waals surface area contributed by atoms with Gasteiger partial charge in [0.2, 0.25) is 0 Å². The lowest BCUT2D eigenvalue weighted by molar-refractivity contribution is -0.164. The van der Waals surface area contributed by atoms with Crippen molar-refractivity contribution < 1.29 is 27.5 Å².